The number of halogens is 2. The third kappa shape index (κ3) is 3.25. The van der Waals surface area contributed by atoms with Gasteiger partial charge in [-0.15, -0.1) is 0 Å². The van der Waals surface area contributed by atoms with Gasteiger partial charge < -0.3 is 10.0 Å². The molecular formula is C15H21Cl2NO. The molecule has 0 bridgehead atoms. The fraction of sp³-hybridized carbons (Fsp3) is 0.600. The largest absolute Gasteiger partial charge is 0.385 e. The summed E-state index contributed by atoms with van der Waals surface area (Å²) in [5.74, 6) is 0.244. The molecule has 1 aromatic rings. The molecule has 0 unspecified atom stereocenters. The molecule has 1 saturated carbocycles. The summed E-state index contributed by atoms with van der Waals surface area (Å²) in [5.41, 5.74) is 0.116. The Bertz CT molecular complexity index is 450. The van der Waals surface area contributed by atoms with Gasteiger partial charge in [-0.1, -0.05) is 42.1 Å². The second kappa shape index (κ2) is 6.01. The highest BCUT2D eigenvalue weighted by atomic mass is 35.5. The molecule has 106 valence electrons. The number of rotatable bonds is 3. The van der Waals surface area contributed by atoms with Gasteiger partial charge in [-0.3, -0.25) is 0 Å². The van der Waals surface area contributed by atoms with Crippen LogP contribution in [0.15, 0.2) is 18.2 Å². The summed E-state index contributed by atoms with van der Waals surface area (Å²) in [6, 6.07) is 5.50. The molecule has 0 radical (unpaired) electrons. The zero-order valence-corrected chi connectivity index (χ0v) is 13.0. The molecule has 2 nitrogen and oxygen atoms in total. The second-order valence-corrected chi connectivity index (χ2v) is 6.57. The standard InChI is InChI=1S/C15H21Cl2NO/c1-18(2)10-12-5-3-4-8-15(12,19)11-6-7-13(16)14(17)9-11/h6-7,9,12,19H,3-5,8,10H2,1-2H3/t12-,15-/m0/s1. The first-order valence-electron chi connectivity index (χ1n) is 6.76. The molecule has 2 atom stereocenters. The number of hydrogen-bond acceptors (Lipinski definition) is 2. The summed E-state index contributed by atoms with van der Waals surface area (Å²) < 4.78 is 0. The highest BCUT2D eigenvalue weighted by Crippen LogP contribution is 2.43. The lowest BCUT2D eigenvalue weighted by atomic mass is 9.71. The van der Waals surface area contributed by atoms with Crippen molar-refractivity contribution in [2.45, 2.75) is 31.3 Å². The van der Waals surface area contributed by atoms with E-state index < -0.39 is 5.60 Å². The third-order valence-electron chi connectivity index (χ3n) is 4.04. The quantitative estimate of drug-likeness (QED) is 0.914. The van der Waals surface area contributed by atoms with Crippen LogP contribution in [0, 0.1) is 5.92 Å². The molecule has 0 spiro atoms. The highest BCUT2D eigenvalue weighted by Gasteiger charge is 2.40. The van der Waals surface area contributed by atoms with Gasteiger partial charge in [-0.2, -0.15) is 0 Å². The Morgan fingerprint density at radius 1 is 1.26 bits per heavy atom. The average Bonchev–Trinajstić information content (AvgIpc) is 2.35. The van der Waals surface area contributed by atoms with Crippen molar-refractivity contribution in [2.24, 2.45) is 5.92 Å². The third-order valence-corrected chi connectivity index (χ3v) is 4.78. The van der Waals surface area contributed by atoms with E-state index in [0.717, 1.165) is 31.4 Å². The van der Waals surface area contributed by atoms with Crippen LogP contribution in [0.25, 0.3) is 0 Å². The first-order valence-corrected chi connectivity index (χ1v) is 7.51. The normalized spacial score (nSPS) is 27.8. The minimum Gasteiger partial charge on any atom is -0.385 e. The van der Waals surface area contributed by atoms with Crippen LogP contribution in [0.4, 0.5) is 0 Å². The van der Waals surface area contributed by atoms with Crippen molar-refractivity contribution in [3.8, 4) is 0 Å². The van der Waals surface area contributed by atoms with Crippen molar-refractivity contribution in [2.75, 3.05) is 20.6 Å². The van der Waals surface area contributed by atoms with Crippen molar-refractivity contribution in [1.29, 1.82) is 0 Å². The molecule has 0 aliphatic heterocycles. The van der Waals surface area contributed by atoms with Crippen LogP contribution in [0.3, 0.4) is 0 Å². The molecule has 0 amide bonds. The topological polar surface area (TPSA) is 23.5 Å². The van der Waals surface area contributed by atoms with Gasteiger partial charge in [0, 0.05) is 12.5 Å². The van der Waals surface area contributed by atoms with Crippen molar-refractivity contribution >= 4 is 23.2 Å². The van der Waals surface area contributed by atoms with E-state index in [4.69, 9.17) is 23.2 Å². The lowest BCUT2D eigenvalue weighted by Gasteiger charge is -2.41. The van der Waals surface area contributed by atoms with Crippen LogP contribution < -0.4 is 0 Å². The summed E-state index contributed by atoms with van der Waals surface area (Å²) in [6.07, 6.45) is 4.08. The van der Waals surface area contributed by atoms with Crippen LogP contribution in [-0.4, -0.2) is 30.6 Å². The Morgan fingerprint density at radius 2 is 2.00 bits per heavy atom. The van der Waals surface area contributed by atoms with Crippen molar-refractivity contribution in [3.05, 3.63) is 33.8 Å². The van der Waals surface area contributed by atoms with E-state index in [1.165, 1.54) is 6.42 Å². The number of nitrogens with zero attached hydrogens (tertiary/aromatic N) is 1. The highest BCUT2D eigenvalue weighted by molar-refractivity contribution is 6.42. The molecule has 2 rings (SSSR count). The fourth-order valence-corrected chi connectivity index (χ4v) is 3.35. The van der Waals surface area contributed by atoms with Gasteiger partial charge in [0.25, 0.3) is 0 Å². The minimum absolute atomic E-state index is 0.244. The van der Waals surface area contributed by atoms with E-state index in [2.05, 4.69) is 4.90 Å². The first kappa shape index (κ1) is 15.1. The molecule has 0 aromatic heterocycles. The SMILES string of the molecule is CN(C)C[C@@H]1CCCC[C@]1(O)c1ccc(Cl)c(Cl)c1. The van der Waals surface area contributed by atoms with Crippen molar-refractivity contribution in [3.63, 3.8) is 0 Å². The van der Waals surface area contributed by atoms with Gasteiger partial charge in [0.1, 0.15) is 0 Å². The zero-order valence-electron chi connectivity index (χ0n) is 11.5. The number of hydrogen-bond donors (Lipinski definition) is 1. The van der Waals surface area contributed by atoms with E-state index in [-0.39, 0.29) is 5.92 Å². The summed E-state index contributed by atoms with van der Waals surface area (Å²) >= 11 is 12.1. The monoisotopic (exact) mass is 301 g/mol. The molecule has 1 aliphatic carbocycles. The van der Waals surface area contributed by atoms with Crippen LogP contribution >= 0.6 is 23.2 Å². The van der Waals surface area contributed by atoms with Gasteiger partial charge in [0.15, 0.2) is 0 Å². The Hall–Kier alpha value is -0.280. The van der Waals surface area contributed by atoms with Gasteiger partial charge >= 0.3 is 0 Å². The molecule has 1 fully saturated rings. The number of aliphatic hydroxyl groups is 1. The van der Waals surface area contributed by atoms with Crippen LogP contribution in [0.1, 0.15) is 31.2 Å². The predicted molar refractivity (Wildman–Crippen MR) is 80.9 cm³/mol. The lowest BCUT2D eigenvalue weighted by Crippen LogP contribution is -2.43. The van der Waals surface area contributed by atoms with Gasteiger partial charge in [-0.25, -0.2) is 0 Å². The van der Waals surface area contributed by atoms with E-state index in [1.807, 2.05) is 26.2 Å². The molecule has 19 heavy (non-hydrogen) atoms. The zero-order chi connectivity index (χ0) is 14.0. The summed E-state index contributed by atoms with van der Waals surface area (Å²) in [5, 5.41) is 12.2. The molecule has 4 heteroatoms. The van der Waals surface area contributed by atoms with Gasteiger partial charge in [-0.05, 0) is 44.6 Å². The molecule has 0 heterocycles. The van der Waals surface area contributed by atoms with Crippen LogP contribution in [0.5, 0.6) is 0 Å². The summed E-state index contributed by atoms with van der Waals surface area (Å²) in [4.78, 5) is 2.14. The van der Waals surface area contributed by atoms with Gasteiger partial charge in [0.2, 0.25) is 0 Å². The lowest BCUT2D eigenvalue weighted by molar-refractivity contribution is -0.0618. The molecule has 0 saturated heterocycles. The smallest absolute Gasteiger partial charge is 0.0937 e. The van der Waals surface area contributed by atoms with E-state index >= 15 is 0 Å². The summed E-state index contributed by atoms with van der Waals surface area (Å²) in [7, 11) is 4.09. The Morgan fingerprint density at radius 3 is 2.63 bits per heavy atom. The second-order valence-electron chi connectivity index (χ2n) is 5.76. The van der Waals surface area contributed by atoms with E-state index in [9.17, 15) is 5.11 Å². The minimum atomic E-state index is -0.781. The van der Waals surface area contributed by atoms with Gasteiger partial charge in [0.05, 0.1) is 15.6 Å². The van der Waals surface area contributed by atoms with Crippen molar-refractivity contribution < 1.29 is 5.11 Å². The maximum atomic E-state index is 11.1. The van der Waals surface area contributed by atoms with Crippen LogP contribution in [-0.2, 0) is 5.60 Å². The summed E-state index contributed by atoms with van der Waals surface area (Å²) in [6.45, 7) is 0.886. The maximum absolute atomic E-state index is 11.1. The molecule has 1 aromatic carbocycles. The van der Waals surface area contributed by atoms with E-state index in [0.29, 0.717) is 10.0 Å². The fourth-order valence-electron chi connectivity index (χ4n) is 3.06. The molecule has 1 aliphatic rings. The predicted octanol–water partition coefficient (Wildman–Crippen LogP) is 3.93. The Kier molecular flexibility index (Phi) is 4.78. The first-order chi connectivity index (χ1) is 8.93. The van der Waals surface area contributed by atoms with Crippen LogP contribution in [0.2, 0.25) is 10.0 Å². The average molecular weight is 302 g/mol. The molecular weight excluding hydrogens is 281 g/mol. The Labute approximate surface area is 125 Å². The number of benzene rings is 1. The van der Waals surface area contributed by atoms with E-state index in [1.54, 1.807) is 6.07 Å². The van der Waals surface area contributed by atoms with Crippen molar-refractivity contribution in [1.82, 2.24) is 4.90 Å². The Balaban J connectivity index is 2.33. The maximum Gasteiger partial charge on any atom is 0.0937 e. The molecule has 1 N–H and O–H groups in total.